The highest BCUT2D eigenvalue weighted by Gasteiger charge is 2.41. The molecular weight excluding hydrogens is 565 g/mol. The molecule has 5 nitrogen and oxygen atoms in total. The van der Waals surface area contributed by atoms with Crippen LogP contribution in [0.15, 0.2) is 90.1 Å². The van der Waals surface area contributed by atoms with Crippen LogP contribution >= 0.6 is 24.8 Å². The van der Waals surface area contributed by atoms with Crippen molar-refractivity contribution >= 4 is 36.2 Å². The molecule has 0 amide bonds. The Bertz CT molecular complexity index is 1150. The van der Waals surface area contributed by atoms with Gasteiger partial charge in [0.1, 0.15) is 5.60 Å². The van der Waals surface area contributed by atoms with Gasteiger partial charge in [-0.15, -0.1) is 24.8 Å². The Balaban J connectivity index is 0.00000242. The van der Waals surface area contributed by atoms with Crippen molar-refractivity contribution in [3.8, 4) is 0 Å². The second kappa shape index (κ2) is 16.9. The summed E-state index contributed by atoms with van der Waals surface area (Å²) < 4.78 is 0. The molecule has 0 unspecified atom stereocenters. The van der Waals surface area contributed by atoms with Crippen molar-refractivity contribution in [1.82, 2.24) is 4.90 Å². The molecule has 2 saturated heterocycles. The van der Waals surface area contributed by atoms with Gasteiger partial charge >= 0.3 is 0 Å². The summed E-state index contributed by atoms with van der Waals surface area (Å²) in [5, 5.41) is 25.4. The third-order valence-electron chi connectivity index (χ3n) is 9.04. The molecule has 2 aliphatic heterocycles. The Morgan fingerprint density at radius 2 is 1.29 bits per heavy atom. The van der Waals surface area contributed by atoms with Crippen LogP contribution in [0.5, 0.6) is 0 Å². The van der Waals surface area contributed by atoms with E-state index in [1.54, 1.807) is 0 Å². The number of oxime groups is 1. The Hall–Kier alpha value is -2.57. The van der Waals surface area contributed by atoms with Crippen molar-refractivity contribution < 1.29 is 10.3 Å². The molecule has 0 radical (unpaired) electrons. The van der Waals surface area contributed by atoms with Crippen LogP contribution in [0.4, 0.5) is 5.69 Å². The van der Waals surface area contributed by atoms with E-state index in [0.29, 0.717) is 0 Å². The minimum absolute atomic E-state index is 0. The largest absolute Gasteiger partial charge is 0.411 e. The summed E-state index contributed by atoms with van der Waals surface area (Å²) in [5.41, 5.74) is 4.10. The number of anilines is 1. The third-order valence-corrected chi connectivity index (χ3v) is 9.04. The van der Waals surface area contributed by atoms with Crippen LogP contribution in [0.1, 0.15) is 74.5 Å². The normalized spacial score (nSPS) is 16.9. The molecule has 42 heavy (non-hydrogen) atoms. The Morgan fingerprint density at radius 3 is 1.83 bits per heavy atom. The topological polar surface area (TPSA) is 59.3 Å². The first-order valence-corrected chi connectivity index (χ1v) is 15.3. The first-order chi connectivity index (χ1) is 19.7. The Morgan fingerprint density at radius 1 is 0.714 bits per heavy atom. The number of piperidine rings is 2. The number of rotatable bonds is 11. The van der Waals surface area contributed by atoms with E-state index in [1.807, 2.05) is 36.4 Å². The fourth-order valence-corrected chi connectivity index (χ4v) is 6.67. The van der Waals surface area contributed by atoms with E-state index < -0.39 is 5.60 Å². The van der Waals surface area contributed by atoms with E-state index in [2.05, 4.69) is 63.5 Å². The van der Waals surface area contributed by atoms with Gasteiger partial charge in [0, 0.05) is 18.8 Å². The van der Waals surface area contributed by atoms with Crippen LogP contribution in [-0.2, 0) is 5.60 Å². The smallest absolute Gasteiger partial charge is 0.117 e. The van der Waals surface area contributed by atoms with Gasteiger partial charge in [-0.3, -0.25) is 0 Å². The van der Waals surface area contributed by atoms with E-state index >= 15 is 0 Å². The highest BCUT2D eigenvalue weighted by Crippen LogP contribution is 2.41. The van der Waals surface area contributed by atoms with Crippen LogP contribution in [-0.4, -0.2) is 53.6 Å². The van der Waals surface area contributed by atoms with Gasteiger partial charge < -0.3 is 20.1 Å². The lowest BCUT2D eigenvalue weighted by Crippen LogP contribution is -2.44. The SMILES string of the molecule is Cl.Cl.ON=C(CCCCCN1CCC(C(O)(c2ccccc2)c2ccccc2)CC1)c1ccc(N2CCCCC2)cc1. The van der Waals surface area contributed by atoms with Crippen molar-refractivity contribution in [3.05, 3.63) is 102 Å². The van der Waals surface area contributed by atoms with Crippen LogP contribution in [0.2, 0.25) is 0 Å². The second-order valence-corrected chi connectivity index (χ2v) is 11.6. The zero-order valence-corrected chi connectivity index (χ0v) is 26.2. The van der Waals surface area contributed by atoms with Gasteiger partial charge in [0.15, 0.2) is 0 Å². The summed E-state index contributed by atoms with van der Waals surface area (Å²) in [6, 6.07) is 28.9. The summed E-state index contributed by atoms with van der Waals surface area (Å²) in [7, 11) is 0. The first-order valence-electron chi connectivity index (χ1n) is 15.3. The van der Waals surface area contributed by atoms with E-state index in [4.69, 9.17) is 0 Å². The Kier molecular flexibility index (Phi) is 13.7. The summed E-state index contributed by atoms with van der Waals surface area (Å²) in [4.78, 5) is 5.00. The summed E-state index contributed by atoms with van der Waals surface area (Å²) in [5.74, 6) is 0.193. The molecule has 3 aromatic rings. The molecule has 0 bridgehead atoms. The number of aliphatic hydroxyl groups is 1. The highest BCUT2D eigenvalue weighted by molar-refractivity contribution is 6.00. The third kappa shape index (κ3) is 8.29. The van der Waals surface area contributed by atoms with Crippen molar-refractivity contribution in [2.24, 2.45) is 11.1 Å². The fraction of sp³-hybridized carbons (Fsp3) is 0.457. The van der Waals surface area contributed by atoms with Gasteiger partial charge in [0.05, 0.1) is 5.71 Å². The zero-order chi connectivity index (χ0) is 27.6. The lowest BCUT2D eigenvalue weighted by Gasteiger charge is -2.42. The molecule has 7 heteroatoms. The average molecular weight is 613 g/mol. The molecule has 2 N–H and O–H groups in total. The predicted octanol–water partition coefficient (Wildman–Crippen LogP) is 7.91. The van der Waals surface area contributed by atoms with E-state index in [-0.39, 0.29) is 30.7 Å². The monoisotopic (exact) mass is 611 g/mol. The maximum absolute atomic E-state index is 12.1. The van der Waals surface area contributed by atoms with Crippen LogP contribution in [0.25, 0.3) is 0 Å². The standard InChI is InChI=1S/C35H45N3O2.2ClH/c39-35(30-13-5-1-6-14-30,31-15-7-2-8-16-31)32-22-27-37(28-23-32)24-10-3-9-17-34(36-40)29-18-20-33(21-19-29)38-25-11-4-12-26-38;;/h1-2,5-8,13-16,18-21,32,39-40H,3-4,9-12,17,22-28H2;2*1H. The van der Waals surface area contributed by atoms with E-state index in [0.717, 1.165) is 93.7 Å². The molecule has 2 heterocycles. The molecule has 228 valence electrons. The molecule has 2 aliphatic rings. The van der Waals surface area contributed by atoms with Gasteiger partial charge in [-0.1, -0.05) is 84.4 Å². The highest BCUT2D eigenvalue weighted by atomic mass is 35.5. The summed E-state index contributed by atoms with van der Waals surface area (Å²) >= 11 is 0. The van der Waals surface area contributed by atoms with Crippen LogP contribution in [0.3, 0.4) is 0 Å². The number of hydrogen-bond acceptors (Lipinski definition) is 5. The predicted molar refractivity (Wildman–Crippen MR) is 179 cm³/mol. The van der Waals surface area contributed by atoms with Crippen molar-refractivity contribution in [2.45, 2.75) is 63.4 Å². The minimum Gasteiger partial charge on any atom is -0.411 e. The first kappa shape index (κ1) is 33.9. The lowest BCUT2D eigenvalue weighted by atomic mass is 9.72. The zero-order valence-electron chi connectivity index (χ0n) is 24.6. The van der Waals surface area contributed by atoms with Crippen LogP contribution < -0.4 is 4.90 Å². The molecule has 3 aromatic carbocycles. The molecule has 0 atom stereocenters. The molecule has 0 spiro atoms. The van der Waals surface area contributed by atoms with Gasteiger partial charge in [-0.25, -0.2) is 0 Å². The van der Waals surface area contributed by atoms with Gasteiger partial charge in [-0.2, -0.15) is 0 Å². The van der Waals surface area contributed by atoms with Gasteiger partial charge in [-0.05, 0) is 106 Å². The van der Waals surface area contributed by atoms with Crippen molar-refractivity contribution in [2.75, 3.05) is 37.6 Å². The summed E-state index contributed by atoms with van der Waals surface area (Å²) in [6.07, 6.45) is 9.90. The number of likely N-dealkylation sites (tertiary alicyclic amines) is 1. The van der Waals surface area contributed by atoms with E-state index in [9.17, 15) is 10.3 Å². The molecule has 0 aliphatic carbocycles. The minimum atomic E-state index is -0.958. The molecule has 5 rings (SSSR count). The fourth-order valence-electron chi connectivity index (χ4n) is 6.67. The number of nitrogens with zero attached hydrogens (tertiary/aromatic N) is 3. The molecule has 2 fully saturated rings. The average Bonchev–Trinajstić information content (AvgIpc) is 3.04. The molecule has 0 aromatic heterocycles. The van der Waals surface area contributed by atoms with E-state index in [1.165, 1.54) is 24.9 Å². The lowest BCUT2D eigenvalue weighted by molar-refractivity contribution is -0.0143. The number of halogens is 2. The molecule has 0 saturated carbocycles. The summed E-state index contributed by atoms with van der Waals surface area (Å²) in [6.45, 7) is 5.38. The maximum Gasteiger partial charge on any atom is 0.117 e. The second-order valence-electron chi connectivity index (χ2n) is 11.6. The van der Waals surface area contributed by atoms with Crippen LogP contribution in [0, 0.1) is 5.92 Å². The van der Waals surface area contributed by atoms with Gasteiger partial charge in [0.25, 0.3) is 0 Å². The number of benzene rings is 3. The van der Waals surface area contributed by atoms with Gasteiger partial charge in [0.2, 0.25) is 0 Å². The number of unbranched alkanes of at least 4 members (excludes halogenated alkanes) is 2. The number of hydrogen-bond donors (Lipinski definition) is 2. The quantitative estimate of drug-likeness (QED) is 0.100. The molecular formula is C35H47Cl2N3O2. The maximum atomic E-state index is 12.1. The van der Waals surface area contributed by atoms with Crippen molar-refractivity contribution in [3.63, 3.8) is 0 Å². The Labute approximate surface area is 264 Å². The van der Waals surface area contributed by atoms with Crippen molar-refractivity contribution in [1.29, 1.82) is 0 Å².